The van der Waals surface area contributed by atoms with Crippen molar-refractivity contribution in [1.82, 2.24) is 9.97 Å². The summed E-state index contributed by atoms with van der Waals surface area (Å²) >= 11 is 3.43. The fourth-order valence-corrected chi connectivity index (χ4v) is 1.62. The molecule has 0 amide bonds. The Bertz CT molecular complexity index is 589. The average Bonchev–Trinajstić information content (AvgIpc) is 2.34. The van der Waals surface area contributed by atoms with E-state index in [0.717, 1.165) is 15.7 Å². The standard InChI is InChI=1S/C12H9BrN4/c1-8-6-9(2-3-10(8)13)17-12-11(7-14)15-4-5-16-12/h2-6H,1H3,(H,16,17). The Morgan fingerprint density at radius 1 is 1.29 bits per heavy atom. The van der Waals surface area contributed by atoms with Gasteiger partial charge in [-0.15, -0.1) is 0 Å². The zero-order chi connectivity index (χ0) is 12.3. The minimum Gasteiger partial charge on any atom is -0.338 e. The third-order valence-corrected chi connectivity index (χ3v) is 3.11. The van der Waals surface area contributed by atoms with Gasteiger partial charge in [0.1, 0.15) is 6.07 Å². The molecule has 1 heterocycles. The fourth-order valence-electron chi connectivity index (χ4n) is 1.37. The highest BCUT2D eigenvalue weighted by atomic mass is 79.9. The van der Waals surface area contributed by atoms with Crippen LogP contribution in [0, 0.1) is 18.3 Å². The predicted molar refractivity (Wildman–Crippen MR) is 68.9 cm³/mol. The van der Waals surface area contributed by atoms with Crippen molar-refractivity contribution in [2.45, 2.75) is 6.92 Å². The number of nitrogens with zero attached hydrogens (tertiary/aromatic N) is 3. The largest absolute Gasteiger partial charge is 0.338 e. The van der Waals surface area contributed by atoms with Gasteiger partial charge in [-0.05, 0) is 30.7 Å². The number of benzene rings is 1. The van der Waals surface area contributed by atoms with Crippen molar-refractivity contribution in [3.05, 3.63) is 46.3 Å². The first kappa shape index (κ1) is 11.6. The zero-order valence-corrected chi connectivity index (χ0v) is 10.7. The number of hydrogen-bond acceptors (Lipinski definition) is 4. The number of aryl methyl sites for hydroxylation is 1. The Balaban J connectivity index is 2.32. The van der Waals surface area contributed by atoms with Crippen molar-refractivity contribution in [2.75, 3.05) is 5.32 Å². The molecule has 2 rings (SSSR count). The van der Waals surface area contributed by atoms with Crippen LogP contribution in [-0.2, 0) is 0 Å². The van der Waals surface area contributed by atoms with Crippen LogP contribution in [0.5, 0.6) is 0 Å². The summed E-state index contributed by atoms with van der Waals surface area (Å²) in [5.41, 5.74) is 2.27. The highest BCUT2D eigenvalue weighted by molar-refractivity contribution is 9.10. The Labute approximate surface area is 107 Å². The third-order valence-electron chi connectivity index (χ3n) is 2.22. The van der Waals surface area contributed by atoms with Gasteiger partial charge in [-0.2, -0.15) is 5.26 Å². The molecule has 2 aromatic rings. The van der Waals surface area contributed by atoms with Crippen LogP contribution in [0.3, 0.4) is 0 Å². The number of aromatic nitrogens is 2. The molecule has 0 aliphatic carbocycles. The summed E-state index contributed by atoms with van der Waals surface area (Å²) in [5, 5.41) is 12.0. The second-order valence-electron chi connectivity index (χ2n) is 3.45. The summed E-state index contributed by atoms with van der Waals surface area (Å²) < 4.78 is 1.04. The van der Waals surface area contributed by atoms with Crippen LogP contribution in [0.25, 0.3) is 0 Å². The number of hydrogen-bond donors (Lipinski definition) is 1. The van der Waals surface area contributed by atoms with E-state index in [1.807, 2.05) is 31.2 Å². The van der Waals surface area contributed by atoms with Gasteiger partial charge in [-0.3, -0.25) is 0 Å². The van der Waals surface area contributed by atoms with E-state index in [0.29, 0.717) is 5.82 Å². The monoisotopic (exact) mass is 288 g/mol. The van der Waals surface area contributed by atoms with Gasteiger partial charge in [0.25, 0.3) is 0 Å². The lowest BCUT2D eigenvalue weighted by atomic mass is 10.2. The molecule has 17 heavy (non-hydrogen) atoms. The third kappa shape index (κ3) is 2.60. The van der Waals surface area contributed by atoms with E-state index in [-0.39, 0.29) is 5.69 Å². The number of nitrogens with one attached hydrogen (secondary N) is 1. The SMILES string of the molecule is Cc1cc(Nc2nccnc2C#N)ccc1Br. The van der Waals surface area contributed by atoms with Crippen molar-refractivity contribution in [1.29, 1.82) is 5.26 Å². The van der Waals surface area contributed by atoms with Crippen molar-refractivity contribution < 1.29 is 0 Å². The normalized spacial score (nSPS) is 9.71. The minimum atomic E-state index is 0.285. The van der Waals surface area contributed by atoms with Crippen molar-refractivity contribution in [3.8, 4) is 6.07 Å². The first-order chi connectivity index (χ1) is 8.20. The molecule has 0 radical (unpaired) electrons. The molecule has 5 heteroatoms. The minimum absolute atomic E-state index is 0.285. The van der Waals surface area contributed by atoms with Gasteiger partial charge in [-0.1, -0.05) is 15.9 Å². The van der Waals surface area contributed by atoms with E-state index in [1.165, 1.54) is 6.20 Å². The van der Waals surface area contributed by atoms with Crippen LogP contribution in [0.15, 0.2) is 35.1 Å². The molecule has 0 aliphatic rings. The molecule has 84 valence electrons. The highest BCUT2D eigenvalue weighted by Gasteiger charge is 2.04. The van der Waals surface area contributed by atoms with Gasteiger partial charge < -0.3 is 5.32 Å². The van der Waals surface area contributed by atoms with Gasteiger partial charge in [0.15, 0.2) is 11.5 Å². The maximum Gasteiger partial charge on any atom is 0.183 e. The molecule has 0 atom stereocenters. The summed E-state index contributed by atoms with van der Waals surface area (Å²) in [7, 11) is 0. The predicted octanol–water partition coefficient (Wildman–Crippen LogP) is 3.16. The van der Waals surface area contributed by atoms with E-state index in [1.54, 1.807) is 6.20 Å². The quantitative estimate of drug-likeness (QED) is 0.922. The maximum atomic E-state index is 8.90. The fraction of sp³-hybridized carbons (Fsp3) is 0.0833. The molecular formula is C12H9BrN4. The number of nitriles is 1. The Kier molecular flexibility index (Phi) is 3.35. The van der Waals surface area contributed by atoms with Gasteiger partial charge >= 0.3 is 0 Å². The molecule has 0 spiro atoms. The number of halogens is 1. The summed E-state index contributed by atoms with van der Waals surface area (Å²) in [6.45, 7) is 2.00. The first-order valence-corrected chi connectivity index (χ1v) is 5.74. The molecule has 0 fully saturated rings. The van der Waals surface area contributed by atoms with Gasteiger partial charge in [0, 0.05) is 22.6 Å². The van der Waals surface area contributed by atoms with Crippen molar-refractivity contribution in [2.24, 2.45) is 0 Å². The topological polar surface area (TPSA) is 61.6 Å². The van der Waals surface area contributed by atoms with E-state index in [2.05, 4.69) is 31.2 Å². The van der Waals surface area contributed by atoms with Crippen LogP contribution in [0.1, 0.15) is 11.3 Å². The Morgan fingerprint density at radius 3 is 2.76 bits per heavy atom. The lowest BCUT2D eigenvalue weighted by Crippen LogP contribution is -1.98. The van der Waals surface area contributed by atoms with Crippen LogP contribution in [-0.4, -0.2) is 9.97 Å². The summed E-state index contributed by atoms with van der Waals surface area (Å²) in [4.78, 5) is 8.03. The molecule has 4 nitrogen and oxygen atoms in total. The smallest absolute Gasteiger partial charge is 0.183 e. The lowest BCUT2D eigenvalue weighted by Gasteiger charge is -2.07. The summed E-state index contributed by atoms with van der Waals surface area (Å²) in [6, 6.07) is 7.82. The Hall–Kier alpha value is -1.93. The molecule has 0 unspecified atom stereocenters. The van der Waals surface area contributed by atoms with E-state index >= 15 is 0 Å². The number of anilines is 2. The molecule has 0 saturated carbocycles. The van der Waals surface area contributed by atoms with Crippen LogP contribution >= 0.6 is 15.9 Å². The first-order valence-electron chi connectivity index (χ1n) is 4.95. The second kappa shape index (κ2) is 4.93. The molecule has 1 aromatic heterocycles. The Morgan fingerprint density at radius 2 is 2.06 bits per heavy atom. The van der Waals surface area contributed by atoms with Gasteiger partial charge in [0.2, 0.25) is 0 Å². The van der Waals surface area contributed by atoms with Crippen LogP contribution < -0.4 is 5.32 Å². The molecule has 1 aromatic carbocycles. The molecule has 0 saturated heterocycles. The van der Waals surface area contributed by atoms with Crippen LogP contribution in [0.4, 0.5) is 11.5 Å². The lowest BCUT2D eigenvalue weighted by molar-refractivity contribution is 1.16. The van der Waals surface area contributed by atoms with E-state index in [9.17, 15) is 0 Å². The molecule has 0 aliphatic heterocycles. The number of rotatable bonds is 2. The van der Waals surface area contributed by atoms with Gasteiger partial charge in [-0.25, -0.2) is 9.97 Å². The highest BCUT2D eigenvalue weighted by Crippen LogP contribution is 2.22. The summed E-state index contributed by atoms with van der Waals surface area (Å²) in [5.74, 6) is 0.469. The van der Waals surface area contributed by atoms with E-state index in [4.69, 9.17) is 5.26 Å². The molecule has 0 bridgehead atoms. The van der Waals surface area contributed by atoms with Gasteiger partial charge in [0.05, 0.1) is 0 Å². The van der Waals surface area contributed by atoms with Crippen molar-refractivity contribution >= 4 is 27.4 Å². The summed E-state index contributed by atoms with van der Waals surface area (Å²) in [6.07, 6.45) is 3.05. The maximum absolute atomic E-state index is 8.90. The van der Waals surface area contributed by atoms with Crippen molar-refractivity contribution in [3.63, 3.8) is 0 Å². The molecular weight excluding hydrogens is 280 g/mol. The van der Waals surface area contributed by atoms with Crippen LogP contribution in [0.2, 0.25) is 0 Å². The average molecular weight is 289 g/mol. The second-order valence-corrected chi connectivity index (χ2v) is 4.31. The van der Waals surface area contributed by atoms with E-state index < -0.39 is 0 Å². The molecule has 1 N–H and O–H groups in total. The zero-order valence-electron chi connectivity index (χ0n) is 9.11.